The van der Waals surface area contributed by atoms with Gasteiger partial charge in [0.1, 0.15) is 13.2 Å². The third-order valence-electron chi connectivity index (χ3n) is 3.29. The number of rotatable bonds is 3. The lowest BCUT2D eigenvalue weighted by Crippen LogP contribution is -2.15. The summed E-state index contributed by atoms with van der Waals surface area (Å²) in [5.41, 5.74) is 1.12. The van der Waals surface area contributed by atoms with Crippen LogP contribution in [0.25, 0.3) is 6.08 Å². The molecule has 0 N–H and O–H groups in total. The van der Waals surface area contributed by atoms with Gasteiger partial charge in [0, 0.05) is 5.56 Å². The summed E-state index contributed by atoms with van der Waals surface area (Å²) in [6.45, 7) is 1.05. The number of fused-ring (bicyclic) bond motifs is 1. The first kappa shape index (κ1) is 16.2. The van der Waals surface area contributed by atoms with Gasteiger partial charge in [0.05, 0.1) is 15.1 Å². The summed E-state index contributed by atoms with van der Waals surface area (Å²) in [5.74, 6) is 1.11. The van der Waals surface area contributed by atoms with Crippen LogP contribution in [0.2, 0.25) is 15.1 Å². The van der Waals surface area contributed by atoms with Gasteiger partial charge >= 0.3 is 0 Å². The van der Waals surface area contributed by atoms with Gasteiger partial charge in [-0.1, -0.05) is 46.9 Å². The molecule has 2 aromatic carbocycles. The van der Waals surface area contributed by atoms with Crippen LogP contribution in [0.5, 0.6) is 11.5 Å². The third-order valence-corrected chi connectivity index (χ3v) is 4.59. The normalized spacial score (nSPS) is 13.3. The van der Waals surface area contributed by atoms with Crippen molar-refractivity contribution in [2.24, 2.45) is 0 Å². The fourth-order valence-electron chi connectivity index (χ4n) is 2.14. The van der Waals surface area contributed by atoms with E-state index >= 15 is 0 Å². The molecule has 1 heterocycles. The second kappa shape index (κ2) is 6.83. The lowest BCUT2D eigenvalue weighted by Gasteiger charge is -2.18. The molecule has 0 saturated heterocycles. The Morgan fingerprint density at radius 2 is 1.70 bits per heavy atom. The predicted molar refractivity (Wildman–Crippen MR) is 92.3 cm³/mol. The maximum absolute atomic E-state index is 12.3. The molecule has 0 fully saturated rings. The van der Waals surface area contributed by atoms with Gasteiger partial charge in [-0.05, 0) is 35.9 Å². The van der Waals surface area contributed by atoms with E-state index in [-0.39, 0.29) is 15.8 Å². The fraction of sp³-hybridized carbons (Fsp3) is 0.118. The maximum atomic E-state index is 12.3. The minimum absolute atomic E-state index is 0.149. The van der Waals surface area contributed by atoms with E-state index in [1.165, 1.54) is 6.08 Å². The molecule has 23 heavy (non-hydrogen) atoms. The smallest absolute Gasteiger partial charge is 0.187 e. The van der Waals surface area contributed by atoms with Crippen LogP contribution < -0.4 is 9.47 Å². The number of allylic oxidation sites excluding steroid dienone is 1. The molecule has 0 spiro atoms. The highest BCUT2D eigenvalue weighted by atomic mass is 35.5. The van der Waals surface area contributed by atoms with Crippen LogP contribution in [0.4, 0.5) is 0 Å². The molecule has 0 aromatic heterocycles. The zero-order valence-corrected chi connectivity index (χ0v) is 14.1. The molecular formula is C17H11Cl3O3. The van der Waals surface area contributed by atoms with Crippen molar-refractivity contribution in [3.05, 3.63) is 62.6 Å². The summed E-state index contributed by atoms with van der Waals surface area (Å²) in [7, 11) is 0. The Hall–Kier alpha value is -1.68. The van der Waals surface area contributed by atoms with Crippen molar-refractivity contribution in [1.29, 1.82) is 0 Å². The molecule has 2 aromatic rings. The number of ether oxygens (including phenoxy) is 2. The average molecular weight is 370 g/mol. The monoisotopic (exact) mass is 368 g/mol. The van der Waals surface area contributed by atoms with Crippen molar-refractivity contribution in [2.45, 2.75) is 0 Å². The Kier molecular flexibility index (Phi) is 4.81. The molecule has 0 saturated carbocycles. The van der Waals surface area contributed by atoms with Crippen LogP contribution in [-0.2, 0) is 0 Å². The molecular weight excluding hydrogens is 359 g/mol. The minimum atomic E-state index is -0.261. The first-order chi connectivity index (χ1) is 11.1. The maximum Gasteiger partial charge on any atom is 0.187 e. The second-order valence-corrected chi connectivity index (χ2v) is 5.99. The fourth-order valence-corrected chi connectivity index (χ4v) is 2.77. The number of hydrogen-bond acceptors (Lipinski definition) is 3. The summed E-state index contributed by atoms with van der Waals surface area (Å²) >= 11 is 17.9. The number of hydrogen-bond donors (Lipinski definition) is 0. The first-order valence-electron chi connectivity index (χ1n) is 6.82. The van der Waals surface area contributed by atoms with Gasteiger partial charge in [-0.15, -0.1) is 0 Å². The molecule has 1 aliphatic rings. The summed E-state index contributed by atoms with van der Waals surface area (Å²) in [4.78, 5) is 12.3. The second-order valence-electron chi connectivity index (χ2n) is 4.82. The Morgan fingerprint density at radius 1 is 0.957 bits per heavy atom. The number of carbonyl (C=O) groups is 1. The van der Waals surface area contributed by atoms with Gasteiger partial charge < -0.3 is 9.47 Å². The quantitative estimate of drug-likeness (QED) is 0.417. The lowest BCUT2D eigenvalue weighted by atomic mass is 10.1. The summed E-state index contributed by atoms with van der Waals surface area (Å²) in [6, 6.07) is 8.56. The van der Waals surface area contributed by atoms with E-state index < -0.39 is 0 Å². The van der Waals surface area contributed by atoms with Crippen molar-refractivity contribution < 1.29 is 14.3 Å². The topological polar surface area (TPSA) is 35.5 Å². The van der Waals surface area contributed by atoms with Crippen LogP contribution in [0, 0.1) is 0 Å². The highest BCUT2D eigenvalue weighted by Gasteiger charge is 2.14. The number of halogens is 3. The molecule has 1 aliphatic heterocycles. The molecule has 0 unspecified atom stereocenters. The molecule has 0 radical (unpaired) electrons. The van der Waals surface area contributed by atoms with Crippen molar-refractivity contribution in [2.75, 3.05) is 13.2 Å². The summed E-state index contributed by atoms with van der Waals surface area (Å²) in [6.07, 6.45) is 3.11. The molecule has 118 valence electrons. The molecule has 0 aliphatic carbocycles. The zero-order chi connectivity index (χ0) is 16.4. The Morgan fingerprint density at radius 3 is 2.48 bits per heavy atom. The highest BCUT2D eigenvalue weighted by Crippen LogP contribution is 2.33. The van der Waals surface area contributed by atoms with Crippen molar-refractivity contribution in [1.82, 2.24) is 0 Å². The van der Waals surface area contributed by atoms with E-state index in [1.54, 1.807) is 18.2 Å². The lowest BCUT2D eigenvalue weighted by molar-refractivity contribution is 0.104. The van der Waals surface area contributed by atoms with E-state index in [9.17, 15) is 4.79 Å². The molecule has 0 bridgehead atoms. The summed E-state index contributed by atoms with van der Waals surface area (Å²) in [5, 5.41) is 0.631. The van der Waals surface area contributed by atoms with Gasteiger partial charge in [0.2, 0.25) is 0 Å². The van der Waals surface area contributed by atoms with Crippen LogP contribution in [0.3, 0.4) is 0 Å². The molecule has 0 amide bonds. The average Bonchev–Trinajstić information content (AvgIpc) is 2.57. The number of ketones is 1. The van der Waals surface area contributed by atoms with E-state index in [0.29, 0.717) is 35.3 Å². The number of benzene rings is 2. The van der Waals surface area contributed by atoms with E-state index in [4.69, 9.17) is 44.3 Å². The Balaban J connectivity index is 1.83. The standard InChI is InChI=1S/C17H11Cl3O3/c18-12-4-3-11(16(19)17(12)20)13(21)5-1-10-2-6-14-15(9-10)23-8-7-22-14/h1-6,9H,7-8H2. The van der Waals surface area contributed by atoms with E-state index in [2.05, 4.69) is 0 Å². The van der Waals surface area contributed by atoms with Gasteiger partial charge in [0.25, 0.3) is 0 Å². The summed E-state index contributed by atoms with van der Waals surface area (Å²) < 4.78 is 11.0. The first-order valence-corrected chi connectivity index (χ1v) is 7.95. The molecule has 0 atom stereocenters. The molecule has 3 rings (SSSR count). The predicted octanol–water partition coefficient (Wildman–Crippen LogP) is 5.31. The van der Waals surface area contributed by atoms with E-state index in [1.807, 2.05) is 18.2 Å². The zero-order valence-electron chi connectivity index (χ0n) is 11.8. The molecule has 6 heteroatoms. The van der Waals surface area contributed by atoms with Crippen LogP contribution in [0.1, 0.15) is 15.9 Å². The Bertz CT molecular complexity index is 800. The SMILES string of the molecule is O=C(C=Cc1ccc2c(c1)OCCO2)c1ccc(Cl)c(Cl)c1Cl. The van der Waals surface area contributed by atoms with Crippen LogP contribution in [0.15, 0.2) is 36.4 Å². The van der Waals surface area contributed by atoms with Crippen molar-refractivity contribution in [3.8, 4) is 11.5 Å². The largest absolute Gasteiger partial charge is 0.486 e. The van der Waals surface area contributed by atoms with E-state index in [0.717, 1.165) is 5.56 Å². The van der Waals surface area contributed by atoms with Crippen LogP contribution in [-0.4, -0.2) is 19.0 Å². The highest BCUT2D eigenvalue weighted by molar-refractivity contribution is 6.49. The number of carbonyl (C=O) groups excluding carboxylic acids is 1. The van der Waals surface area contributed by atoms with Crippen molar-refractivity contribution >= 4 is 46.7 Å². The molecule has 3 nitrogen and oxygen atoms in total. The van der Waals surface area contributed by atoms with Gasteiger partial charge in [-0.3, -0.25) is 4.79 Å². The van der Waals surface area contributed by atoms with Crippen molar-refractivity contribution in [3.63, 3.8) is 0 Å². The Labute approximate surface area is 148 Å². The van der Waals surface area contributed by atoms with Crippen LogP contribution >= 0.6 is 34.8 Å². The minimum Gasteiger partial charge on any atom is -0.486 e. The van der Waals surface area contributed by atoms with Gasteiger partial charge in [-0.25, -0.2) is 0 Å². The van der Waals surface area contributed by atoms with Gasteiger partial charge in [0.15, 0.2) is 17.3 Å². The van der Waals surface area contributed by atoms with Gasteiger partial charge in [-0.2, -0.15) is 0 Å². The third kappa shape index (κ3) is 3.47.